The molecular weight excluding hydrogens is 290 g/mol. The zero-order chi connectivity index (χ0) is 15.2. The maximum absolute atomic E-state index is 11.3. The zero-order valence-electron chi connectivity index (χ0n) is 11.2. The summed E-state index contributed by atoms with van der Waals surface area (Å²) in [5, 5.41) is 8.09. The fraction of sp³-hybridized carbons (Fsp3) is 0.0769. The molecule has 0 bridgehead atoms. The number of hydrogen-bond acceptors (Lipinski definition) is 5. The molecular formula is C13H13N5O2S. The molecule has 21 heavy (non-hydrogen) atoms. The minimum Gasteiger partial charge on any atom is -0.464 e. The molecule has 0 aliphatic heterocycles. The van der Waals surface area contributed by atoms with E-state index in [0.29, 0.717) is 0 Å². The van der Waals surface area contributed by atoms with Crippen LogP contribution in [0.3, 0.4) is 0 Å². The number of nitrogens with zero attached hydrogens (tertiary/aromatic N) is 3. The van der Waals surface area contributed by atoms with Crippen molar-refractivity contribution < 1.29 is 9.53 Å². The van der Waals surface area contributed by atoms with E-state index < -0.39 is 5.97 Å². The highest BCUT2D eigenvalue weighted by atomic mass is 32.1. The van der Waals surface area contributed by atoms with Gasteiger partial charge in [0.15, 0.2) is 10.8 Å². The van der Waals surface area contributed by atoms with Crippen molar-refractivity contribution in [2.45, 2.75) is 0 Å². The fourth-order valence-electron chi connectivity index (χ4n) is 1.56. The van der Waals surface area contributed by atoms with Crippen LogP contribution in [0.25, 0.3) is 5.69 Å². The Hall–Kier alpha value is -2.74. The van der Waals surface area contributed by atoms with E-state index >= 15 is 0 Å². The predicted octanol–water partition coefficient (Wildman–Crippen LogP) is 0.826. The Balaban J connectivity index is 2.11. The summed E-state index contributed by atoms with van der Waals surface area (Å²) in [5.74, 6) is -0.471. The van der Waals surface area contributed by atoms with E-state index in [9.17, 15) is 4.79 Å². The lowest BCUT2D eigenvalue weighted by Gasteiger charge is -2.01. The zero-order valence-corrected chi connectivity index (χ0v) is 12.0. The Morgan fingerprint density at radius 1 is 1.43 bits per heavy atom. The van der Waals surface area contributed by atoms with Gasteiger partial charge in [-0.1, -0.05) is 12.1 Å². The molecule has 0 saturated heterocycles. The first-order chi connectivity index (χ1) is 10.1. The number of benzene rings is 1. The maximum Gasteiger partial charge on any atom is 0.358 e. The van der Waals surface area contributed by atoms with E-state index in [-0.39, 0.29) is 10.8 Å². The molecule has 0 fully saturated rings. The molecule has 0 unspecified atom stereocenters. The summed E-state index contributed by atoms with van der Waals surface area (Å²) in [7, 11) is 1.32. The number of nitrogens with two attached hydrogens (primary N) is 1. The topological polar surface area (TPSA) is 94.5 Å². The summed E-state index contributed by atoms with van der Waals surface area (Å²) < 4.78 is 6.19. The van der Waals surface area contributed by atoms with Crippen molar-refractivity contribution in [1.82, 2.24) is 15.2 Å². The van der Waals surface area contributed by atoms with Gasteiger partial charge >= 0.3 is 5.97 Å². The van der Waals surface area contributed by atoms with Crippen LogP contribution in [0.2, 0.25) is 0 Å². The van der Waals surface area contributed by atoms with E-state index in [4.69, 9.17) is 5.73 Å². The van der Waals surface area contributed by atoms with Gasteiger partial charge < -0.3 is 10.5 Å². The molecule has 0 atom stereocenters. The van der Waals surface area contributed by atoms with E-state index in [1.54, 1.807) is 23.2 Å². The van der Waals surface area contributed by atoms with Crippen LogP contribution in [0.15, 0.2) is 41.6 Å². The first-order valence-corrected chi connectivity index (χ1v) is 6.34. The maximum atomic E-state index is 11.3. The molecule has 1 aromatic carbocycles. The number of nitrogens with one attached hydrogen (secondary N) is 1. The minimum absolute atomic E-state index is 0.106. The van der Waals surface area contributed by atoms with Crippen LogP contribution >= 0.6 is 12.2 Å². The molecule has 0 radical (unpaired) electrons. The molecule has 0 saturated carbocycles. The predicted molar refractivity (Wildman–Crippen MR) is 82.4 cm³/mol. The minimum atomic E-state index is -0.471. The van der Waals surface area contributed by atoms with Crippen LogP contribution in [-0.4, -0.2) is 34.2 Å². The Morgan fingerprint density at radius 2 is 2.14 bits per heavy atom. The number of ether oxygens (including phenoxy) is 1. The number of aromatic nitrogens is 2. The first kappa shape index (κ1) is 14.7. The SMILES string of the molecule is COC(=O)c1ccn(-c2ccc(C=NNC(N)=S)cc2)n1. The van der Waals surface area contributed by atoms with Crippen LogP contribution in [0.1, 0.15) is 16.1 Å². The van der Waals surface area contributed by atoms with Gasteiger partial charge in [0.25, 0.3) is 0 Å². The number of carbonyl (C=O) groups is 1. The smallest absolute Gasteiger partial charge is 0.358 e. The number of thiocarbonyl (C=S) groups is 1. The lowest BCUT2D eigenvalue weighted by Crippen LogP contribution is -2.23. The molecule has 8 heteroatoms. The second kappa shape index (κ2) is 6.62. The average Bonchev–Trinajstić information content (AvgIpc) is 2.96. The van der Waals surface area contributed by atoms with E-state index in [0.717, 1.165) is 11.3 Å². The Labute approximate surface area is 126 Å². The van der Waals surface area contributed by atoms with Crippen molar-refractivity contribution >= 4 is 29.5 Å². The van der Waals surface area contributed by atoms with Crippen LogP contribution < -0.4 is 11.2 Å². The number of hydrazone groups is 1. The van der Waals surface area contributed by atoms with E-state index in [1.165, 1.54) is 7.11 Å². The first-order valence-electron chi connectivity index (χ1n) is 5.93. The van der Waals surface area contributed by atoms with Gasteiger partial charge in [-0.15, -0.1) is 0 Å². The third kappa shape index (κ3) is 3.86. The highest BCUT2D eigenvalue weighted by Gasteiger charge is 2.09. The van der Waals surface area contributed by atoms with E-state index in [1.807, 2.05) is 24.3 Å². The highest BCUT2D eigenvalue weighted by molar-refractivity contribution is 7.80. The summed E-state index contributed by atoms with van der Waals surface area (Å²) in [4.78, 5) is 11.3. The normalized spacial score (nSPS) is 10.5. The summed E-state index contributed by atoms with van der Waals surface area (Å²) in [6.45, 7) is 0. The van der Waals surface area contributed by atoms with Gasteiger partial charge in [0.05, 0.1) is 19.0 Å². The highest BCUT2D eigenvalue weighted by Crippen LogP contribution is 2.09. The summed E-state index contributed by atoms with van der Waals surface area (Å²) in [6.07, 6.45) is 3.27. The van der Waals surface area contributed by atoms with Gasteiger partial charge in [-0.3, -0.25) is 5.43 Å². The quantitative estimate of drug-likeness (QED) is 0.376. The van der Waals surface area contributed by atoms with Crippen molar-refractivity contribution in [2.24, 2.45) is 10.8 Å². The lowest BCUT2D eigenvalue weighted by atomic mass is 10.2. The van der Waals surface area contributed by atoms with Crippen LogP contribution in [-0.2, 0) is 4.74 Å². The van der Waals surface area contributed by atoms with Gasteiger partial charge in [0.2, 0.25) is 0 Å². The molecule has 3 N–H and O–H groups in total. The summed E-state index contributed by atoms with van der Waals surface area (Å²) >= 11 is 4.63. The van der Waals surface area contributed by atoms with Gasteiger partial charge in [0.1, 0.15) is 0 Å². The monoisotopic (exact) mass is 303 g/mol. The van der Waals surface area contributed by atoms with Gasteiger partial charge in [-0.05, 0) is 36.0 Å². The molecule has 7 nitrogen and oxygen atoms in total. The molecule has 2 rings (SSSR count). The molecule has 0 aliphatic rings. The van der Waals surface area contributed by atoms with Crippen molar-refractivity contribution in [1.29, 1.82) is 0 Å². The van der Waals surface area contributed by atoms with Crippen molar-refractivity contribution in [3.8, 4) is 5.69 Å². The number of esters is 1. The van der Waals surface area contributed by atoms with Crippen molar-refractivity contribution in [3.63, 3.8) is 0 Å². The van der Waals surface area contributed by atoms with Crippen LogP contribution in [0.4, 0.5) is 0 Å². The number of carbonyl (C=O) groups excluding carboxylic acids is 1. The number of hydrogen-bond donors (Lipinski definition) is 2. The molecule has 2 aromatic rings. The van der Waals surface area contributed by atoms with Gasteiger partial charge in [0, 0.05) is 6.20 Å². The Bertz CT molecular complexity index is 678. The fourth-order valence-corrected chi connectivity index (χ4v) is 1.62. The molecule has 1 aromatic heterocycles. The summed E-state index contributed by atoms with van der Waals surface area (Å²) in [6, 6.07) is 8.97. The van der Waals surface area contributed by atoms with Crippen LogP contribution in [0, 0.1) is 0 Å². The molecule has 0 spiro atoms. The molecule has 0 aliphatic carbocycles. The second-order valence-electron chi connectivity index (χ2n) is 3.96. The van der Waals surface area contributed by atoms with Gasteiger partial charge in [-0.2, -0.15) is 10.2 Å². The third-order valence-electron chi connectivity index (χ3n) is 2.53. The molecule has 1 heterocycles. The number of rotatable bonds is 4. The Morgan fingerprint density at radius 3 is 2.76 bits per heavy atom. The Kier molecular flexibility index (Phi) is 4.62. The van der Waals surface area contributed by atoms with Crippen molar-refractivity contribution in [3.05, 3.63) is 47.8 Å². The second-order valence-corrected chi connectivity index (χ2v) is 4.40. The van der Waals surface area contributed by atoms with Crippen LogP contribution in [0.5, 0.6) is 0 Å². The molecule has 0 amide bonds. The van der Waals surface area contributed by atoms with E-state index in [2.05, 4.69) is 32.6 Å². The standard InChI is InChI=1S/C13H13N5O2S/c1-20-12(19)11-6-7-18(17-11)10-4-2-9(3-5-10)8-15-16-13(14)21/h2-8H,1H3,(H3,14,16,21). The third-order valence-corrected chi connectivity index (χ3v) is 2.62. The largest absolute Gasteiger partial charge is 0.464 e. The average molecular weight is 303 g/mol. The summed E-state index contributed by atoms with van der Waals surface area (Å²) in [5.41, 5.74) is 9.65. The molecule has 108 valence electrons. The van der Waals surface area contributed by atoms with Crippen molar-refractivity contribution in [2.75, 3.05) is 7.11 Å². The number of methoxy groups -OCH3 is 1. The van der Waals surface area contributed by atoms with Gasteiger partial charge in [-0.25, -0.2) is 9.48 Å². The lowest BCUT2D eigenvalue weighted by molar-refractivity contribution is 0.0593.